The molecule has 0 saturated carbocycles. The number of thiocarbonyl (C=S) groups is 1. The van der Waals surface area contributed by atoms with Gasteiger partial charge in [-0.15, -0.1) is 0 Å². The Morgan fingerprint density at radius 1 is 1.42 bits per heavy atom. The maximum absolute atomic E-state index is 11.4. The molecule has 19 heavy (non-hydrogen) atoms. The van der Waals surface area contributed by atoms with Gasteiger partial charge in [0.1, 0.15) is 4.32 Å². The molecule has 0 unspecified atom stereocenters. The van der Waals surface area contributed by atoms with Crippen LogP contribution in [0.25, 0.3) is 6.08 Å². The van der Waals surface area contributed by atoms with Crippen LogP contribution < -0.4 is 5.32 Å². The van der Waals surface area contributed by atoms with Gasteiger partial charge >= 0.3 is 5.69 Å². The van der Waals surface area contributed by atoms with Crippen molar-refractivity contribution in [1.82, 2.24) is 5.32 Å². The van der Waals surface area contributed by atoms with Crippen molar-refractivity contribution in [2.75, 3.05) is 0 Å². The predicted octanol–water partition coefficient (Wildman–Crippen LogP) is 1.49. The monoisotopic (exact) mass is 298 g/mol. The number of rotatable bonds is 2. The lowest BCUT2D eigenvalue weighted by atomic mass is 10.1. The third kappa shape index (κ3) is 2.66. The first-order valence-electron chi connectivity index (χ1n) is 4.83. The summed E-state index contributed by atoms with van der Waals surface area (Å²) in [7, 11) is 0. The van der Waals surface area contributed by atoms with Crippen LogP contribution in [0.5, 0.6) is 11.5 Å². The smallest absolute Gasteiger partial charge is 0.315 e. The standard InChI is InChI=1S/C10H6N2O5S2/c13-6-2-4(1-5(8(6)14)12(16)17)3-7-9(15)11-10(18)19-7/h1-3,13-14H,(H,11,15,18)/b7-3-. The number of thioether (sulfide) groups is 1. The summed E-state index contributed by atoms with van der Waals surface area (Å²) in [4.78, 5) is 21.5. The minimum absolute atomic E-state index is 0.212. The Kier molecular flexibility index (Phi) is 3.40. The molecule has 1 aliphatic rings. The first-order valence-corrected chi connectivity index (χ1v) is 6.06. The van der Waals surface area contributed by atoms with Gasteiger partial charge in [0.2, 0.25) is 5.75 Å². The number of phenols is 2. The summed E-state index contributed by atoms with van der Waals surface area (Å²) >= 11 is 5.81. The minimum Gasteiger partial charge on any atom is -0.504 e. The molecular weight excluding hydrogens is 292 g/mol. The van der Waals surface area contributed by atoms with Crippen LogP contribution in [-0.2, 0) is 4.79 Å². The van der Waals surface area contributed by atoms with Crippen LogP contribution in [0.2, 0.25) is 0 Å². The fourth-order valence-electron chi connectivity index (χ4n) is 1.42. The highest BCUT2D eigenvalue weighted by atomic mass is 32.2. The number of nitro groups is 1. The van der Waals surface area contributed by atoms with Crippen LogP contribution in [0, 0.1) is 10.1 Å². The number of carbonyl (C=O) groups is 1. The molecule has 1 aromatic rings. The average molecular weight is 298 g/mol. The zero-order chi connectivity index (χ0) is 14.2. The average Bonchev–Trinajstić information content (AvgIpc) is 2.62. The van der Waals surface area contributed by atoms with Crippen molar-refractivity contribution in [1.29, 1.82) is 0 Å². The molecule has 1 fully saturated rings. The molecule has 0 spiro atoms. The number of nitro benzene ring substituents is 1. The van der Waals surface area contributed by atoms with Gasteiger partial charge in [-0.3, -0.25) is 14.9 Å². The number of hydrogen-bond acceptors (Lipinski definition) is 7. The molecule has 0 aliphatic carbocycles. The Morgan fingerprint density at radius 2 is 2.11 bits per heavy atom. The molecule has 3 N–H and O–H groups in total. The van der Waals surface area contributed by atoms with E-state index < -0.39 is 28.0 Å². The van der Waals surface area contributed by atoms with E-state index in [0.717, 1.165) is 23.9 Å². The van der Waals surface area contributed by atoms with Gasteiger partial charge in [-0.2, -0.15) is 0 Å². The van der Waals surface area contributed by atoms with Gasteiger partial charge in [0.15, 0.2) is 5.75 Å². The molecule has 0 atom stereocenters. The summed E-state index contributed by atoms with van der Waals surface area (Å²) in [5.41, 5.74) is -0.429. The quantitative estimate of drug-likeness (QED) is 0.249. The van der Waals surface area contributed by atoms with Crippen molar-refractivity contribution < 1.29 is 19.9 Å². The van der Waals surface area contributed by atoms with E-state index in [9.17, 15) is 25.1 Å². The normalized spacial score (nSPS) is 16.7. The van der Waals surface area contributed by atoms with Crippen molar-refractivity contribution in [3.05, 3.63) is 32.7 Å². The van der Waals surface area contributed by atoms with Gasteiger partial charge in [0, 0.05) is 6.07 Å². The highest BCUT2D eigenvalue weighted by Gasteiger charge is 2.23. The molecule has 98 valence electrons. The molecule has 1 aromatic carbocycles. The van der Waals surface area contributed by atoms with Gasteiger partial charge in [-0.25, -0.2) is 0 Å². The Hall–Kier alpha value is -2.13. The van der Waals surface area contributed by atoms with Crippen LogP contribution in [-0.4, -0.2) is 25.4 Å². The Bertz CT molecular complexity index is 641. The second kappa shape index (κ2) is 4.86. The predicted molar refractivity (Wildman–Crippen MR) is 72.7 cm³/mol. The largest absolute Gasteiger partial charge is 0.504 e. The summed E-state index contributed by atoms with van der Waals surface area (Å²) in [5.74, 6) is -1.86. The highest BCUT2D eigenvalue weighted by molar-refractivity contribution is 8.26. The van der Waals surface area contributed by atoms with E-state index in [4.69, 9.17) is 12.2 Å². The zero-order valence-electron chi connectivity index (χ0n) is 9.11. The third-order valence-electron chi connectivity index (χ3n) is 2.23. The van der Waals surface area contributed by atoms with Crippen molar-refractivity contribution >= 4 is 46.0 Å². The molecule has 0 aromatic heterocycles. The van der Waals surface area contributed by atoms with Gasteiger partial charge in [0.25, 0.3) is 5.91 Å². The van der Waals surface area contributed by atoms with Crippen molar-refractivity contribution in [2.45, 2.75) is 0 Å². The van der Waals surface area contributed by atoms with E-state index in [0.29, 0.717) is 0 Å². The molecule has 1 heterocycles. The Balaban J connectivity index is 2.47. The van der Waals surface area contributed by atoms with Crippen molar-refractivity contribution in [2.24, 2.45) is 0 Å². The molecule has 9 heteroatoms. The fraction of sp³-hybridized carbons (Fsp3) is 0. The summed E-state index contributed by atoms with van der Waals surface area (Å²) in [5, 5.41) is 31.8. The van der Waals surface area contributed by atoms with Gasteiger partial charge < -0.3 is 15.5 Å². The molecule has 7 nitrogen and oxygen atoms in total. The number of hydrogen-bond donors (Lipinski definition) is 3. The van der Waals surface area contributed by atoms with E-state index in [-0.39, 0.29) is 14.8 Å². The molecule has 2 rings (SSSR count). The second-order valence-electron chi connectivity index (χ2n) is 3.52. The van der Waals surface area contributed by atoms with E-state index in [1.54, 1.807) is 0 Å². The molecule has 0 radical (unpaired) electrons. The lowest BCUT2D eigenvalue weighted by Crippen LogP contribution is -2.17. The van der Waals surface area contributed by atoms with Crippen LogP contribution in [0.15, 0.2) is 17.0 Å². The minimum atomic E-state index is -0.830. The SMILES string of the molecule is O=C1NC(=S)S/C1=C\c1cc(O)c(O)c([N+](=O)[O-])c1. The second-order valence-corrected chi connectivity index (χ2v) is 5.24. The van der Waals surface area contributed by atoms with Crippen LogP contribution >= 0.6 is 24.0 Å². The zero-order valence-corrected chi connectivity index (χ0v) is 10.7. The van der Waals surface area contributed by atoms with E-state index in [1.807, 2.05) is 0 Å². The van der Waals surface area contributed by atoms with Gasteiger partial charge in [-0.1, -0.05) is 24.0 Å². The highest BCUT2D eigenvalue weighted by Crippen LogP contribution is 2.37. The first kappa shape index (κ1) is 13.3. The summed E-state index contributed by atoms with van der Waals surface area (Å²) in [6, 6.07) is 2.17. The third-order valence-corrected chi connectivity index (χ3v) is 3.39. The lowest BCUT2D eigenvalue weighted by Gasteiger charge is -2.01. The summed E-state index contributed by atoms with van der Waals surface area (Å²) in [6.07, 6.45) is 1.34. The van der Waals surface area contributed by atoms with Crippen LogP contribution in [0.4, 0.5) is 5.69 Å². The van der Waals surface area contributed by atoms with Crippen LogP contribution in [0.3, 0.4) is 0 Å². The van der Waals surface area contributed by atoms with Crippen LogP contribution in [0.1, 0.15) is 5.56 Å². The Morgan fingerprint density at radius 3 is 2.63 bits per heavy atom. The van der Waals surface area contributed by atoms with Gasteiger partial charge in [-0.05, 0) is 17.7 Å². The first-order chi connectivity index (χ1) is 8.88. The van der Waals surface area contributed by atoms with Crippen molar-refractivity contribution in [3.8, 4) is 11.5 Å². The molecule has 1 saturated heterocycles. The van der Waals surface area contributed by atoms with E-state index in [2.05, 4.69) is 5.32 Å². The number of carbonyl (C=O) groups excluding carboxylic acids is 1. The summed E-state index contributed by atoms with van der Waals surface area (Å²) < 4.78 is 0.286. The Labute approximate surface area is 116 Å². The molecular formula is C10H6N2O5S2. The van der Waals surface area contributed by atoms with Crippen molar-refractivity contribution in [3.63, 3.8) is 0 Å². The summed E-state index contributed by atoms with van der Waals surface area (Å²) in [6.45, 7) is 0. The number of amides is 1. The molecule has 1 aliphatic heterocycles. The lowest BCUT2D eigenvalue weighted by molar-refractivity contribution is -0.386. The molecule has 1 amide bonds. The molecule has 0 bridgehead atoms. The number of benzene rings is 1. The van der Waals surface area contributed by atoms with E-state index in [1.165, 1.54) is 6.08 Å². The number of nitrogens with zero attached hydrogens (tertiary/aromatic N) is 1. The topological polar surface area (TPSA) is 113 Å². The maximum Gasteiger partial charge on any atom is 0.315 e. The fourth-order valence-corrected chi connectivity index (χ4v) is 2.46. The van der Waals surface area contributed by atoms with E-state index >= 15 is 0 Å². The number of nitrogens with one attached hydrogen (secondary N) is 1. The number of phenolic OH excluding ortho intramolecular Hbond substituents is 2. The maximum atomic E-state index is 11.4. The van der Waals surface area contributed by atoms with Gasteiger partial charge in [0.05, 0.1) is 9.83 Å². The number of aromatic hydroxyl groups is 2.